The second kappa shape index (κ2) is 6.84. The smallest absolute Gasteiger partial charge is 0.271 e. The summed E-state index contributed by atoms with van der Waals surface area (Å²) < 4.78 is 31.9. The molecule has 0 unspecified atom stereocenters. The molecule has 2 aromatic carbocycles. The summed E-state index contributed by atoms with van der Waals surface area (Å²) >= 11 is 5.95. The molecule has 0 aliphatic heterocycles. The summed E-state index contributed by atoms with van der Waals surface area (Å²) in [6.45, 7) is 0. The van der Waals surface area contributed by atoms with Crippen LogP contribution in [0.15, 0.2) is 42.5 Å². The molecular formula is C14H13ClN2O5S. The lowest BCUT2D eigenvalue weighted by Crippen LogP contribution is -2.16. The van der Waals surface area contributed by atoms with E-state index in [1.165, 1.54) is 19.2 Å². The highest BCUT2D eigenvalue weighted by molar-refractivity contribution is 7.91. The van der Waals surface area contributed by atoms with Gasteiger partial charge in [-0.2, -0.15) is 0 Å². The number of hydrogen-bond acceptors (Lipinski definition) is 5. The number of methoxy groups -OCH3 is 1. The predicted octanol–water partition coefficient (Wildman–Crippen LogP) is 3.20. The van der Waals surface area contributed by atoms with E-state index < -0.39 is 14.9 Å². The Labute approximate surface area is 138 Å². The van der Waals surface area contributed by atoms with Gasteiger partial charge in [0.25, 0.3) is 5.69 Å². The first-order chi connectivity index (χ1) is 10.8. The molecular weight excluding hydrogens is 344 g/mol. The van der Waals surface area contributed by atoms with Crippen molar-refractivity contribution in [3.63, 3.8) is 0 Å². The fraction of sp³-hybridized carbons (Fsp3) is 0.143. The van der Waals surface area contributed by atoms with E-state index >= 15 is 0 Å². The van der Waals surface area contributed by atoms with Crippen molar-refractivity contribution in [3.8, 4) is 5.75 Å². The number of nitro groups is 1. The number of nitrogens with one attached hydrogen (secondary N) is 1. The molecule has 0 atom stereocenters. The van der Waals surface area contributed by atoms with Crippen molar-refractivity contribution < 1.29 is 18.1 Å². The number of halogens is 1. The van der Waals surface area contributed by atoms with Crippen LogP contribution in [0.2, 0.25) is 5.02 Å². The maximum atomic E-state index is 12.3. The van der Waals surface area contributed by atoms with Crippen LogP contribution in [0.1, 0.15) is 5.56 Å². The Kier molecular flexibility index (Phi) is 5.07. The lowest BCUT2D eigenvalue weighted by molar-refractivity contribution is -0.384. The molecule has 23 heavy (non-hydrogen) atoms. The van der Waals surface area contributed by atoms with Crippen molar-refractivity contribution in [2.75, 3.05) is 11.8 Å². The van der Waals surface area contributed by atoms with Crippen LogP contribution in [0, 0.1) is 10.1 Å². The number of rotatable bonds is 6. The zero-order valence-electron chi connectivity index (χ0n) is 12.0. The van der Waals surface area contributed by atoms with Crippen molar-refractivity contribution in [1.29, 1.82) is 0 Å². The molecule has 1 N–H and O–H groups in total. The third kappa shape index (κ3) is 4.33. The Morgan fingerprint density at radius 3 is 2.57 bits per heavy atom. The molecule has 2 aromatic rings. The van der Waals surface area contributed by atoms with Crippen LogP contribution in [0.5, 0.6) is 5.75 Å². The van der Waals surface area contributed by atoms with Crippen molar-refractivity contribution >= 4 is 33.0 Å². The Morgan fingerprint density at radius 2 is 1.96 bits per heavy atom. The van der Waals surface area contributed by atoms with Crippen LogP contribution < -0.4 is 9.46 Å². The zero-order valence-corrected chi connectivity index (χ0v) is 13.6. The summed E-state index contributed by atoms with van der Waals surface area (Å²) in [5, 5.41) is 11.1. The first-order valence-electron chi connectivity index (χ1n) is 6.39. The topological polar surface area (TPSA) is 98.5 Å². The molecule has 2 rings (SSSR count). The van der Waals surface area contributed by atoms with E-state index in [4.69, 9.17) is 16.3 Å². The van der Waals surface area contributed by atoms with E-state index in [0.717, 1.165) is 6.07 Å². The number of hydrogen-bond donors (Lipinski definition) is 1. The minimum absolute atomic E-state index is 0.00578. The van der Waals surface area contributed by atoms with Crippen LogP contribution in [0.4, 0.5) is 11.4 Å². The van der Waals surface area contributed by atoms with E-state index in [1.54, 1.807) is 24.3 Å². The number of anilines is 1. The number of benzene rings is 2. The number of ether oxygens (including phenoxy) is 1. The molecule has 0 fully saturated rings. The molecule has 0 aromatic heterocycles. The van der Waals surface area contributed by atoms with Crippen molar-refractivity contribution in [1.82, 2.24) is 0 Å². The summed E-state index contributed by atoms with van der Waals surface area (Å²) in [6, 6.07) is 10.2. The second-order valence-corrected chi connectivity index (χ2v) is 6.72. The molecule has 0 saturated carbocycles. The fourth-order valence-electron chi connectivity index (χ4n) is 1.91. The molecule has 0 amide bonds. The Bertz CT molecular complexity index is 839. The first kappa shape index (κ1) is 17.0. The third-order valence-corrected chi connectivity index (χ3v) is 4.55. The van der Waals surface area contributed by atoms with Gasteiger partial charge in [0, 0.05) is 17.2 Å². The van der Waals surface area contributed by atoms with Crippen LogP contribution in [0.25, 0.3) is 0 Å². The van der Waals surface area contributed by atoms with Gasteiger partial charge in [-0.15, -0.1) is 0 Å². The largest absolute Gasteiger partial charge is 0.495 e. The van der Waals surface area contributed by atoms with Gasteiger partial charge in [-0.05, 0) is 17.7 Å². The predicted molar refractivity (Wildman–Crippen MR) is 87.3 cm³/mol. The molecule has 0 saturated heterocycles. The normalized spacial score (nSPS) is 11.0. The number of nitrogens with zero attached hydrogens (tertiary/aromatic N) is 1. The average molecular weight is 357 g/mol. The van der Waals surface area contributed by atoms with Crippen LogP contribution in [0.3, 0.4) is 0 Å². The Hall–Kier alpha value is -2.32. The second-order valence-electron chi connectivity index (χ2n) is 4.59. The highest BCUT2D eigenvalue weighted by Gasteiger charge is 2.18. The number of sulfonamides is 1. The van der Waals surface area contributed by atoms with E-state index in [2.05, 4.69) is 4.72 Å². The van der Waals surface area contributed by atoms with Crippen molar-refractivity contribution in [3.05, 3.63) is 63.2 Å². The monoisotopic (exact) mass is 356 g/mol. The van der Waals surface area contributed by atoms with Crippen LogP contribution >= 0.6 is 11.6 Å². The lowest BCUT2D eigenvalue weighted by Gasteiger charge is -2.12. The summed E-state index contributed by atoms with van der Waals surface area (Å²) in [7, 11) is -2.48. The van der Waals surface area contributed by atoms with Gasteiger partial charge in [-0.3, -0.25) is 14.8 Å². The lowest BCUT2D eigenvalue weighted by atomic mass is 10.2. The molecule has 0 aliphatic rings. The maximum Gasteiger partial charge on any atom is 0.271 e. The molecule has 9 heteroatoms. The van der Waals surface area contributed by atoms with Gasteiger partial charge in [0.05, 0.1) is 23.5 Å². The van der Waals surface area contributed by atoms with Gasteiger partial charge in [-0.1, -0.05) is 29.8 Å². The molecule has 7 nitrogen and oxygen atoms in total. The van der Waals surface area contributed by atoms with Crippen molar-refractivity contribution in [2.24, 2.45) is 0 Å². The minimum atomic E-state index is -3.82. The maximum absolute atomic E-state index is 12.3. The third-order valence-electron chi connectivity index (χ3n) is 2.96. The summed E-state index contributed by atoms with van der Waals surface area (Å²) in [5.41, 5.74) is 0.168. The van der Waals surface area contributed by atoms with E-state index in [0.29, 0.717) is 10.6 Å². The van der Waals surface area contributed by atoms with E-state index in [9.17, 15) is 18.5 Å². The molecule has 0 spiro atoms. The number of nitro benzene ring substituents is 1. The van der Waals surface area contributed by atoms with Crippen molar-refractivity contribution in [2.45, 2.75) is 5.75 Å². The van der Waals surface area contributed by atoms with Gasteiger partial charge < -0.3 is 4.74 Å². The Balaban J connectivity index is 2.31. The zero-order chi connectivity index (χ0) is 17.0. The first-order valence-corrected chi connectivity index (χ1v) is 8.42. The average Bonchev–Trinajstić information content (AvgIpc) is 2.49. The van der Waals surface area contributed by atoms with Gasteiger partial charge >= 0.3 is 0 Å². The van der Waals surface area contributed by atoms with Crippen LogP contribution in [-0.4, -0.2) is 20.5 Å². The highest BCUT2D eigenvalue weighted by Crippen LogP contribution is 2.30. The van der Waals surface area contributed by atoms with Gasteiger partial charge in [-0.25, -0.2) is 8.42 Å². The van der Waals surface area contributed by atoms with E-state index in [-0.39, 0.29) is 22.9 Å². The van der Waals surface area contributed by atoms with Gasteiger partial charge in [0.15, 0.2) is 0 Å². The molecule has 0 heterocycles. The quantitative estimate of drug-likeness (QED) is 0.633. The van der Waals surface area contributed by atoms with Gasteiger partial charge in [0.2, 0.25) is 10.0 Å². The molecule has 0 bridgehead atoms. The Morgan fingerprint density at radius 1 is 1.26 bits per heavy atom. The standard InChI is InChI=1S/C14H13ClN2O5S/c1-22-14-7-6-11(17(18)19)8-13(14)16-23(20,21)9-10-4-2-3-5-12(10)15/h2-8,16H,9H2,1H3. The molecule has 0 radical (unpaired) electrons. The minimum Gasteiger partial charge on any atom is -0.495 e. The summed E-state index contributed by atoms with van der Waals surface area (Å²) in [5.74, 6) is -0.184. The SMILES string of the molecule is COc1ccc([N+](=O)[O-])cc1NS(=O)(=O)Cc1ccccc1Cl. The summed E-state index contributed by atoms with van der Waals surface area (Å²) in [6.07, 6.45) is 0. The van der Waals surface area contributed by atoms with Crippen LogP contribution in [-0.2, 0) is 15.8 Å². The van der Waals surface area contributed by atoms with E-state index in [1.807, 2.05) is 0 Å². The summed E-state index contributed by atoms with van der Waals surface area (Å²) in [4.78, 5) is 10.2. The fourth-order valence-corrected chi connectivity index (χ4v) is 3.42. The molecule has 122 valence electrons. The highest BCUT2D eigenvalue weighted by atomic mass is 35.5. The molecule has 0 aliphatic carbocycles. The van der Waals surface area contributed by atoms with Gasteiger partial charge in [0.1, 0.15) is 5.75 Å². The number of non-ortho nitro benzene ring substituents is 1.